The number of rotatable bonds is 3. The summed E-state index contributed by atoms with van der Waals surface area (Å²) in [5, 5.41) is 12.9. The Morgan fingerprint density at radius 1 is 1.26 bits per heavy atom. The second-order valence-electron chi connectivity index (χ2n) is 6.87. The molecule has 0 unspecified atom stereocenters. The summed E-state index contributed by atoms with van der Waals surface area (Å²) in [6.45, 7) is 9.97. The minimum absolute atomic E-state index is 0.0230. The number of aliphatic hydroxyl groups is 1. The zero-order valence-corrected chi connectivity index (χ0v) is 12.4. The Balaban J connectivity index is 1.71. The van der Waals surface area contributed by atoms with Gasteiger partial charge in [-0.1, -0.05) is 0 Å². The van der Waals surface area contributed by atoms with Crippen LogP contribution in [0.2, 0.25) is 0 Å². The van der Waals surface area contributed by atoms with E-state index in [2.05, 4.69) is 10.2 Å². The molecule has 0 aromatic heterocycles. The van der Waals surface area contributed by atoms with Crippen LogP contribution in [-0.2, 0) is 0 Å². The highest BCUT2D eigenvalue weighted by atomic mass is 16.3. The molecular formula is C14H27N3O2. The molecule has 2 rings (SSSR count). The standard InChI is InChI=1S/C14H27N3O2/c1-14(2,3)15-13(19)17-8-6-16(7-9-17)10-12(18)11-4-5-11/h11-12,18H,4-10H2,1-3H3,(H,15,19)/t12-/m0/s1. The number of piperazine rings is 1. The largest absolute Gasteiger partial charge is 0.392 e. The first-order valence-corrected chi connectivity index (χ1v) is 7.33. The zero-order chi connectivity index (χ0) is 14.0. The fourth-order valence-electron chi connectivity index (χ4n) is 2.43. The number of hydrogen-bond acceptors (Lipinski definition) is 3. The summed E-state index contributed by atoms with van der Waals surface area (Å²) in [7, 11) is 0. The van der Waals surface area contributed by atoms with E-state index in [0.29, 0.717) is 5.92 Å². The summed E-state index contributed by atoms with van der Waals surface area (Å²) < 4.78 is 0. The van der Waals surface area contributed by atoms with Gasteiger partial charge < -0.3 is 15.3 Å². The van der Waals surface area contributed by atoms with E-state index in [9.17, 15) is 9.90 Å². The van der Waals surface area contributed by atoms with E-state index in [4.69, 9.17) is 0 Å². The smallest absolute Gasteiger partial charge is 0.317 e. The van der Waals surface area contributed by atoms with Crippen molar-refractivity contribution in [2.75, 3.05) is 32.7 Å². The lowest BCUT2D eigenvalue weighted by Crippen LogP contribution is -2.55. The minimum Gasteiger partial charge on any atom is -0.392 e. The van der Waals surface area contributed by atoms with Crippen LogP contribution in [0.5, 0.6) is 0 Å². The summed E-state index contributed by atoms with van der Waals surface area (Å²) in [5.41, 5.74) is -0.184. The monoisotopic (exact) mass is 269 g/mol. The van der Waals surface area contributed by atoms with E-state index in [0.717, 1.165) is 32.7 Å². The van der Waals surface area contributed by atoms with Crippen LogP contribution in [-0.4, -0.2) is 65.3 Å². The third kappa shape index (κ3) is 4.66. The Morgan fingerprint density at radius 3 is 2.32 bits per heavy atom. The molecule has 2 fully saturated rings. The molecule has 1 heterocycles. The van der Waals surface area contributed by atoms with Gasteiger partial charge in [-0.2, -0.15) is 0 Å². The third-order valence-electron chi connectivity index (χ3n) is 3.75. The Bertz CT molecular complexity index is 315. The molecule has 110 valence electrons. The predicted octanol–water partition coefficient (Wildman–Crippen LogP) is 0.883. The van der Waals surface area contributed by atoms with Crippen molar-refractivity contribution >= 4 is 6.03 Å². The molecule has 2 aliphatic rings. The molecule has 0 aromatic carbocycles. The first kappa shape index (κ1) is 14.6. The number of nitrogens with one attached hydrogen (secondary N) is 1. The van der Waals surface area contributed by atoms with Crippen LogP contribution >= 0.6 is 0 Å². The van der Waals surface area contributed by atoms with E-state index in [1.165, 1.54) is 12.8 Å². The zero-order valence-electron chi connectivity index (χ0n) is 12.4. The van der Waals surface area contributed by atoms with Crippen molar-refractivity contribution < 1.29 is 9.90 Å². The number of amides is 2. The van der Waals surface area contributed by atoms with Gasteiger partial charge >= 0.3 is 6.03 Å². The molecule has 1 saturated carbocycles. The molecule has 0 radical (unpaired) electrons. The van der Waals surface area contributed by atoms with Gasteiger partial charge in [0.05, 0.1) is 6.10 Å². The second kappa shape index (κ2) is 5.67. The molecule has 0 aromatic rings. The van der Waals surface area contributed by atoms with Crippen molar-refractivity contribution in [3.63, 3.8) is 0 Å². The molecule has 0 spiro atoms. The molecule has 1 saturated heterocycles. The van der Waals surface area contributed by atoms with Crippen LogP contribution < -0.4 is 5.32 Å². The summed E-state index contributed by atoms with van der Waals surface area (Å²) in [6.07, 6.45) is 2.18. The molecule has 1 aliphatic carbocycles. The summed E-state index contributed by atoms with van der Waals surface area (Å²) >= 11 is 0. The van der Waals surface area contributed by atoms with Gasteiger partial charge in [-0.25, -0.2) is 4.79 Å². The predicted molar refractivity (Wildman–Crippen MR) is 75.0 cm³/mol. The number of hydrogen-bond donors (Lipinski definition) is 2. The van der Waals surface area contributed by atoms with Crippen LogP contribution in [0.15, 0.2) is 0 Å². The quantitative estimate of drug-likeness (QED) is 0.800. The second-order valence-corrected chi connectivity index (χ2v) is 6.87. The van der Waals surface area contributed by atoms with Gasteiger partial charge in [-0.3, -0.25) is 4.90 Å². The Labute approximate surface area is 115 Å². The average Bonchev–Trinajstić information content (AvgIpc) is 3.11. The van der Waals surface area contributed by atoms with E-state index < -0.39 is 0 Å². The Kier molecular flexibility index (Phi) is 4.36. The molecule has 19 heavy (non-hydrogen) atoms. The maximum absolute atomic E-state index is 12.0. The molecule has 0 bridgehead atoms. The van der Waals surface area contributed by atoms with Crippen LogP contribution in [0.1, 0.15) is 33.6 Å². The molecule has 2 N–H and O–H groups in total. The Morgan fingerprint density at radius 2 is 1.84 bits per heavy atom. The van der Waals surface area contributed by atoms with E-state index in [-0.39, 0.29) is 17.7 Å². The number of urea groups is 1. The lowest BCUT2D eigenvalue weighted by atomic mass is 10.1. The van der Waals surface area contributed by atoms with Crippen molar-refractivity contribution in [3.05, 3.63) is 0 Å². The van der Waals surface area contributed by atoms with Gasteiger partial charge in [0.1, 0.15) is 0 Å². The first-order chi connectivity index (χ1) is 8.85. The minimum atomic E-state index is -0.184. The molecule has 2 amide bonds. The van der Waals surface area contributed by atoms with Gasteiger partial charge in [0.2, 0.25) is 0 Å². The van der Waals surface area contributed by atoms with Crippen LogP contribution in [0, 0.1) is 5.92 Å². The molecular weight excluding hydrogens is 242 g/mol. The van der Waals surface area contributed by atoms with Gasteiger partial charge in [0.25, 0.3) is 0 Å². The number of carbonyl (C=O) groups is 1. The summed E-state index contributed by atoms with van der Waals surface area (Å²) in [6, 6.07) is 0.0230. The highest BCUT2D eigenvalue weighted by molar-refractivity contribution is 5.75. The fourth-order valence-corrected chi connectivity index (χ4v) is 2.43. The number of nitrogens with zero attached hydrogens (tertiary/aromatic N) is 2. The third-order valence-corrected chi connectivity index (χ3v) is 3.75. The number of aliphatic hydroxyl groups excluding tert-OH is 1. The molecule has 5 heteroatoms. The van der Waals surface area contributed by atoms with E-state index >= 15 is 0 Å². The maximum Gasteiger partial charge on any atom is 0.317 e. The van der Waals surface area contributed by atoms with Gasteiger partial charge in [0, 0.05) is 38.3 Å². The molecule has 5 nitrogen and oxygen atoms in total. The Hall–Kier alpha value is -0.810. The van der Waals surface area contributed by atoms with Gasteiger partial charge in [-0.05, 0) is 39.5 Å². The fraction of sp³-hybridized carbons (Fsp3) is 0.929. The number of carbonyl (C=O) groups excluding carboxylic acids is 1. The lowest BCUT2D eigenvalue weighted by Gasteiger charge is -2.37. The van der Waals surface area contributed by atoms with E-state index in [1.54, 1.807) is 0 Å². The van der Waals surface area contributed by atoms with Gasteiger partial charge in [-0.15, -0.1) is 0 Å². The average molecular weight is 269 g/mol. The highest BCUT2D eigenvalue weighted by Gasteiger charge is 2.32. The maximum atomic E-state index is 12.0. The SMILES string of the molecule is CC(C)(C)NC(=O)N1CCN(C[C@H](O)C2CC2)CC1. The molecule has 1 atom stereocenters. The van der Waals surface area contributed by atoms with Crippen molar-refractivity contribution in [3.8, 4) is 0 Å². The van der Waals surface area contributed by atoms with Crippen molar-refractivity contribution in [1.82, 2.24) is 15.1 Å². The summed E-state index contributed by atoms with van der Waals surface area (Å²) in [5.74, 6) is 0.530. The first-order valence-electron chi connectivity index (χ1n) is 7.33. The van der Waals surface area contributed by atoms with Crippen molar-refractivity contribution in [1.29, 1.82) is 0 Å². The van der Waals surface area contributed by atoms with E-state index in [1.807, 2.05) is 25.7 Å². The van der Waals surface area contributed by atoms with Crippen LogP contribution in [0.4, 0.5) is 4.79 Å². The number of β-amino-alcohol motifs (C(OH)–C–C–N with tert-alkyl or cyclic N) is 1. The normalized spacial score (nSPS) is 23.3. The summed E-state index contributed by atoms with van der Waals surface area (Å²) in [4.78, 5) is 16.1. The van der Waals surface area contributed by atoms with Crippen LogP contribution in [0.3, 0.4) is 0 Å². The van der Waals surface area contributed by atoms with Crippen LogP contribution in [0.25, 0.3) is 0 Å². The van der Waals surface area contributed by atoms with Crippen molar-refractivity contribution in [2.24, 2.45) is 5.92 Å². The molecule has 1 aliphatic heterocycles. The topological polar surface area (TPSA) is 55.8 Å². The van der Waals surface area contributed by atoms with Gasteiger partial charge in [0.15, 0.2) is 0 Å². The lowest BCUT2D eigenvalue weighted by molar-refractivity contribution is 0.0688. The highest BCUT2D eigenvalue weighted by Crippen LogP contribution is 2.32. The van der Waals surface area contributed by atoms with Crippen molar-refractivity contribution in [2.45, 2.75) is 45.3 Å².